The van der Waals surface area contributed by atoms with E-state index in [0.29, 0.717) is 19.6 Å². The van der Waals surface area contributed by atoms with Crippen molar-refractivity contribution in [2.45, 2.75) is 30.8 Å². The maximum Gasteiger partial charge on any atom is 0.244 e. The molecule has 27 heavy (non-hydrogen) atoms. The van der Waals surface area contributed by atoms with Gasteiger partial charge in [-0.1, -0.05) is 60.7 Å². The topological polar surface area (TPSA) is 61.4 Å². The van der Waals surface area contributed by atoms with Crippen molar-refractivity contribution in [2.24, 2.45) is 0 Å². The lowest BCUT2D eigenvalue weighted by molar-refractivity contribution is -0.142. The second kappa shape index (κ2) is 7.92. The Kier molecular flexibility index (Phi) is 5.21. The summed E-state index contributed by atoms with van der Waals surface area (Å²) in [6, 6.07) is 19.5. The Labute approximate surface area is 159 Å². The summed E-state index contributed by atoms with van der Waals surface area (Å²) in [4.78, 5) is 28.1. The van der Waals surface area contributed by atoms with Crippen LogP contribution in [0.2, 0.25) is 0 Å². The number of piperazine rings is 1. The van der Waals surface area contributed by atoms with Gasteiger partial charge in [0.1, 0.15) is 6.04 Å². The number of rotatable bonds is 5. The molecular weight excluding hydrogens is 338 g/mol. The molecule has 2 aromatic rings. The maximum atomic E-state index is 13.6. The maximum absolute atomic E-state index is 13.6. The van der Waals surface area contributed by atoms with Gasteiger partial charge in [0.05, 0.1) is 5.92 Å². The van der Waals surface area contributed by atoms with E-state index in [1.165, 1.54) is 0 Å². The van der Waals surface area contributed by atoms with Crippen LogP contribution in [0.4, 0.5) is 0 Å². The molecule has 1 aliphatic carbocycles. The van der Waals surface area contributed by atoms with Crippen molar-refractivity contribution in [3.63, 3.8) is 0 Å². The number of benzene rings is 2. The van der Waals surface area contributed by atoms with Crippen LogP contribution in [0.5, 0.6) is 0 Å². The average Bonchev–Trinajstić information content (AvgIpc) is 3.54. The summed E-state index contributed by atoms with van der Waals surface area (Å²) in [6.45, 7) is 1.74. The Morgan fingerprint density at radius 1 is 0.963 bits per heavy atom. The van der Waals surface area contributed by atoms with Crippen LogP contribution >= 0.6 is 0 Å². The van der Waals surface area contributed by atoms with Gasteiger partial charge in [-0.3, -0.25) is 9.59 Å². The predicted octanol–water partition coefficient (Wildman–Crippen LogP) is 1.90. The molecule has 1 saturated heterocycles. The van der Waals surface area contributed by atoms with E-state index in [1.54, 1.807) is 4.90 Å². The Morgan fingerprint density at radius 3 is 2.11 bits per heavy atom. The van der Waals surface area contributed by atoms with Gasteiger partial charge in [0.2, 0.25) is 11.8 Å². The molecule has 0 radical (unpaired) electrons. The van der Waals surface area contributed by atoms with Crippen molar-refractivity contribution in [3.8, 4) is 0 Å². The van der Waals surface area contributed by atoms with Crippen molar-refractivity contribution in [2.75, 3.05) is 19.6 Å². The Hall–Kier alpha value is -2.66. The summed E-state index contributed by atoms with van der Waals surface area (Å²) in [5.74, 6) is -0.454. The second-order valence-corrected chi connectivity index (χ2v) is 7.29. The molecule has 1 saturated carbocycles. The molecule has 0 aromatic heterocycles. The molecule has 2 N–H and O–H groups in total. The normalized spacial score (nSPS) is 19.7. The average molecular weight is 363 g/mol. The van der Waals surface area contributed by atoms with Gasteiger partial charge >= 0.3 is 0 Å². The number of carbonyl (C=O) groups excluding carboxylic acids is 2. The molecular formula is C22H25N3O2. The summed E-state index contributed by atoms with van der Waals surface area (Å²) in [5, 5.41) is 6.31. The zero-order valence-corrected chi connectivity index (χ0v) is 15.3. The van der Waals surface area contributed by atoms with Gasteiger partial charge < -0.3 is 15.5 Å². The molecule has 5 nitrogen and oxygen atoms in total. The molecule has 140 valence electrons. The zero-order chi connectivity index (χ0) is 18.6. The first kappa shape index (κ1) is 17.7. The van der Waals surface area contributed by atoms with Crippen molar-refractivity contribution >= 4 is 11.8 Å². The third-order valence-corrected chi connectivity index (χ3v) is 5.27. The van der Waals surface area contributed by atoms with Crippen LogP contribution in [0.15, 0.2) is 60.7 Å². The van der Waals surface area contributed by atoms with Gasteiger partial charge in [0, 0.05) is 25.7 Å². The molecule has 2 fully saturated rings. The lowest BCUT2D eigenvalue weighted by atomic mass is 9.89. The van der Waals surface area contributed by atoms with E-state index < -0.39 is 12.0 Å². The number of hydrogen-bond donors (Lipinski definition) is 2. The molecule has 2 aromatic carbocycles. The molecule has 4 rings (SSSR count). The highest BCUT2D eigenvalue weighted by Gasteiger charge is 2.38. The number of nitrogens with zero attached hydrogens (tertiary/aromatic N) is 1. The zero-order valence-electron chi connectivity index (χ0n) is 15.3. The number of nitrogens with one attached hydrogen (secondary N) is 2. The number of hydrogen-bond acceptors (Lipinski definition) is 3. The first-order chi connectivity index (χ1) is 13.2. The Bertz CT molecular complexity index is 750. The molecule has 0 unspecified atom stereocenters. The third-order valence-electron chi connectivity index (χ3n) is 5.27. The molecule has 1 aliphatic heterocycles. The van der Waals surface area contributed by atoms with Crippen LogP contribution in [0, 0.1) is 0 Å². The van der Waals surface area contributed by atoms with Gasteiger partial charge in [0.15, 0.2) is 0 Å². The number of carbonyl (C=O) groups is 2. The van der Waals surface area contributed by atoms with Crippen molar-refractivity contribution in [3.05, 3.63) is 71.8 Å². The van der Waals surface area contributed by atoms with Gasteiger partial charge in [0.25, 0.3) is 0 Å². The lowest BCUT2D eigenvalue weighted by Crippen LogP contribution is -2.60. The van der Waals surface area contributed by atoms with Crippen LogP contribution in [0.1, 0.15) is 29.9 Å². The molecule has 1 heterocycles. The Balaban J connectivity index is 1.64. The minimum Gasteiger partial charge on any atom is -0.352 e. The fraction of sp³-hybridized carbons (Fsp3) is 0.364. The fourth-order valence-electron chi connectivity index (χ4n) is 3.66. The second-order valence-electron chi connectivity index (χ2n) is 7.29. The highest BCUT2D eigenvalue weighted by molar-refractivity contribution is 5.93. The first-order valence-corrected chi connectivity index (χ1v) is 9.65. The van der Waals surface area contributed by atoms with Crippen LogP contribution in [-0.4, -0.2) is 48.4 Å². The van der Waals surface area contributed by atoms with E-state index in [0.717, 1.165) is 24.0 Å². The molecule has 0 bridgehead atoms. The highest BCUT2D eigenvalue weighted by Crippen LogP contribution is 2.28. The molecule has 2 aliphatic rings. The minimum atomic E-state index is -0.457. The SMILES string of the molecule is O=C(NC1CC1)[C@H]1CNCCN1C(=O)C(c1ccccc1)c1ccccc1. The van der Waals surface area contributed by atoms with E-state index in [9.17, 15) is 9.59 Å². The van der Waals surface area contributed by atoms with E-state index in [1.807, 2.05) is 60.7 Å². The monoisotopic (exact) mass is 363 g/mol. The van der Waals surface area contributed by atoms with Gasteiger partial charge in [-0.05, 0) is 24.0 Å². The van der Waals surface area contributed by atoms with E-state index in [-0.39, 0.29) is 17.9 Å². The Morgan fingerprint density at radius 2 is 1.56 bits per heavy atom. The van der Waals surface area contributed by atoms with Crippen molar-refractivity contribution < 1.29 is 9.59 Å². The minimum absolute atomic E-state index is 0.00940. The van der Waals surface area contributed by atoms with Gasteiger partial charge in [-0.15, -0.1) is 0 Å². The quantitative estimate of drug-likeness (QED) is 0.853. The van der Waals surface area contributed by atoms with Crippen LogP contribution in [0.25, 0.3) is 0 Å². The molecule has 5 heteroatoms. The van der Waals surface area contributed by atoms with Crippen molar-refractivity contribution in [1.29, 1.82) is 0 Å². The predicted molar refractivity (Wildman–Crippen MR) is 104 cm³/mol. The van der Waals surface area contributed by atoms with Crippen molar-refractivity contribution in [1.82, 2.24) is 15.5 Å². The highest BCUT2D eigenvalue weighted by atomic mass is 16.2. The summed E-state index contributed by atoms with van der Waals surface area (Å²) in [6.07, 6.45) is 2.08. The summed E-state index contributed by atoms with van der Waals surface area (Å²) in [7, 11) is 0. The van der Waals surface area contributed by atoms with E-state index in [2.05, 4.69) is 10.6 Å². The molecule has 2 amide bonds. The fourth-order valence-corrected chi connectivity index (χ4v) is 3.66. The molecule has 1 atom stereocenters. The summed E-state index contributed by atoms with van der Waals surface area (Å²) in [5.41, 5.74) is 1.90. The third kappa shape index (κ3) is 4.03. The number of amides is 2. The van der Waals surface area contributed by atoms with E-state index in [4.69, 9.17) is 0 Å². The van der Waals surface area contributed by atoms with Crippen LogP contribution in [0.3, 0.4) is 0 Å². The van der Waals surface area contributed by atoms with Crippen LogP contribution in [-0.2, 0) is 9.59 Å². The van der Waals surface area contributed by atoms with Gasteiger partial charge in [-0.2, -0.15) is 0 Å². The largest absolute Gasteiger partial charge is 0.352 e. The smallest absolute Gasteiger partial charge is 0.244 e. The summed E-state index contributed by atoms with van der Waals surface area (Å²) < 4.78 is 0. The first-order valence-electron chi connectivity index (χ1n) is 9.65. The molecule has 0 spiro atoms. The van der Waals surface area contributed by atoms with Crippen LogP contribution < -0.4 is 10.6 Å². The van der Waals surface area contributed by atoms with E-state index >= 15 is 0 Å². The standard InChI is InChI=1S/C22H25N3O2/c26-21(24-18-11-12-18)19-15-23-13-14-25(19)22(27)20(16-7-3-1-4-8-16)17-9-5-2-6-10-17/h1-10,18-20,23H,11-15H2,(H,24,26)/t19-/m1/s1. The summed E-state index contributed by atoms with van der Waals surface area (Å²) >= 11 is 0. The van der Waals surface area contributed by atoms with Gasteiger partial charge in [-0.25, -0.2) is 0 Å². The lowest BCUT2D eigenvalue weighted by Gasteiger charge is -2.37.